The number of aromatic nitrogens is 2. The van der Waals surface area contributed by atoms with Gasteiger partial charge in [-0.05, 0) is 34.0 Å². The van der Waals surface area contributed by atoms with E-state index in [-0.39, 0.29) is 0 Å². The van der Waals surface area contributed by atoms with E-state index in [1.165, 1.54) is 20.9 Å². The molecule has 0 aliphatic rings. The van der Waals surface area contributed by atoms with Gasteiger partial charge in [-0.25, -0.2) is 4.57 Å². The summed E-state index contributed by atoms with van der Waals surface area (Å²) in [6, 6.07) is 12.9. The summed E-state index contributed by atoms with van der Waals surface area (Å²) < 4.78 is 5.54. The van der Waals surface area contributed by atoms with Crippen molar-refractivity contribution < 1.29 is 4.57 Å². The van der Waals surface area contributed by atoms with Crippen molar-refractivity contribution in [1.29, 1.82) is 0 Å². The summed E-state index contributed by atoms with van der Waals surface area (Å²) in [6.45, 7) is 1.000. The van der Waals surface area contributed by atoms with Crippen molar-refractivity contribution in [2.75, 3.05) is 0 Å². The Bertz CT molecular complexity index is 698. The third-order valence-corrected chi connectivity index (χ3v) is 4.06. The number of para-hydroxylation sites is 1. The number of hydrogen-bond donors (Lipinski definition) is 0. The van der Waals surface area contributed by atoms with Gasteiger partial charge in [0.05, 0.1) is 0 Å². The lowest BCUT2D eigenvalue weighted by Gasteiger charge is -2.04. The van der Waals surface area contributed by atoms with Gasteiger partial charge in [-0.1, -0.05) is 18.2 Å². The maximum atomic E-state index is 3.63. The smallest absolute Gasteiger partial charge is 0.168 e. The van der Waals surface area contributed by atoms with E-state index >= 15 is 0 Å². The number of aryl methyl sites for hydroxylation is 3. The van der Waals surface area contributed by atoms with E-state index in [1.54, 1.807) is 0 Å². The van der Waals surface area contributed by atoms with E-state index in [4.69, 9.17) is 0 Å². The molecular formula is C16H16BrN2+. The van der Waals surface area contributed by atoms with Crippen LogP contribution in [-0.4, -0.2) is 4.57 Å². The van der Waals surface area contributed by atoms with E-state index in [1.807, 2.05) is 7.05 Å². The number of benzene rings is 1. The lowest BCUT2D eigenvalue weighted by molar-refractivity contribution is -0.671. The fourth-order valence-corrected chi connectivity index (χ4v) is 2.92. The van der Waals surface area contributed by atoms with Crippen molar-refractivity contribution in [2.45, 2.75) is 13.0 Å². The third kappa shape index (κ3) is 2.56. The van der Waals surface area contributed by atoms with Crippen LogP contribution in [0.5, 0.6) is 0 Å². The Morgan fingerprint density at radius 2 is 1.84 bits per heavy atom. The molecule has 2 heterocycles. The second-order valence-corrected chi connectivity index (χ2v) is 5.66. The predicted octanol–water partition coefficient (Wildman–Crippen LogP) is 3.47. The first-order valence-electron chi connectivity index (χ1n) is 6.41. The molecule has 96 valence electrons. The van der Waals surface area contributed by atoms with Gasteiger partial charge in [0.25, 0.3) is 0 Å². The van der Waals surface area contributed by atoms with Gasteiger partial charge in [0.15, 0.2) is 12.4 Å². The van der Waals surface area contributed by atoms with Crippen molar-refractivity contribution in [3.8, 4) is 0 Å². The Morgan fingerprint density at radius 3 is 2.63 bits per heavy atom. The highest BCUT2D eigenvalue weighted by molar-refractivity contribution is 9.10. The second-order valence-electron chi connectivity index (χ2n) is 4.81. The Labute approximate surface area is 121 Å². The zero-order chi connectivity index (χ0) is 13.2. The molecule has 2 aromatic heterocycles. The van der Waals surface area contributed by atoms with Crippen molar-refractivity contribution >= 4 is 26.8 Å². The lowest BCUT2D eigenvalue weighted by Crippen LogP contribution is -2.26. The van der Waals surface area contributed by atoms with Crippen LogP contribution in [0.15, 0.2) is 59.5 Å². The SMILES string of the molecule is C[n+]1ccc(CCn2cc(Br)c3ccccc32)cc1. The van der Waals surface area contributed by atoms with Crippen LogP contribution in [0.3, 0.4) is 0 Å². The van der Waals surface area contributed by atoms with Gasteiger partial charge in [-0.3, -0.25) is 0 Å². The van der Waals surface area contributed by atoms with Gasteiger partial charge in [-0.15, -0.1) is 0 Å². The van der Waals surface area contributed by atoms with Crippen LogP contribution in [0.4, 0.5) is 0 Å². The molecule has 0 radical (unpaired) electrons. The summed E-state index contributed by atoms with van der Waals surface area (Å²) >= 11 is 3.63. The van der Waals surface area contributed by atoms with Gasteiger partial charge in [0, 0.05) is 40.2 Å². The van der Waals surface area contributed by atoms with Crippen molar-refractivity contribution in [3.05, 3.63) is 65.0 Å². The van der Waals surface area contributed by atoms with Crippen LogP contribution >= 0.6 is 15.9 Å². The zero-order valence-electron chi connectivity index (χ0n) is 10.9. The van der Waals surface area contributed by atoms with Gasteiger partial charge in [0.2, 0.25) is 0 Å². The Balaban J connectivity index is 1.84. The minimum absolute atomic E-state index is 1.000. The summed E-state index contributed by atoms with van der Waals surface area (Å²) in [4.78, 5) is 0. The minimum atomic E-state index is 1.000. The quantitative estimate of drug-likeness (QED) is 0.654. The van der Waals surface area contributed by atoms with Crippen LogP contribution in [0.2, 0.25) is 0 Å². The molecule has 0 aliphatic heterocycles. The lowest BCUT2D eigenvalue weighted by atomic mass is 10.2. The molecule has 2 nitrogen and oxygen atoms in total. The van der Waals surface area contributed by atoms with Crippen LogP contribution in [0, 0.1) is 0 Å². The summed E-state index contributed by atoms with van der Waals surface area (Å²) in [7, 11) is 2.04. The molecule has 3 aromatic rings. The molecule has 19 heavy (non-hydrogen) atoms. The molecule has 0 amide bonds. The first-order valence-corrected chi connectivity index (χ1v) is 7.21. The summed E-state index contributed by atoms with van der Waals surface area (Å²) in [5, 5.41) is 1.28. The first kappa shape index (κ1) is 12.4. The molecule has 0 unspecified atom stereocenters. The fourth-order valence-electron chi connectivity index (χ4n) is 2.34. The highest BCUT2D eigenvalue weighted by Gasteiger charge is 2.05. The Kier molecular flexibility index (Phi) is 3.38. The third-order valence-electron chi connectivity index (χ3n) is 3.43. The molecular weight excluding hydrogens is 300 g/mol. The minimum Gasteiger partial charge on any atom is -0.346 e. The van der Waals surface area contributed by atoms with Gasteiger partial charge >= 0.3 is 0 Å². The van der Waals surface area contributed by atoms with Crippen LogP contribution < -0.4 is 4.57 Å². The van der Waals surface area contributed by atoms with Crippen LogP contribution in [-0.2, 0) is 20.0 Å². The Morgan fingerprint density at radius 1 is 1.11 bits per heavy atom. The van der Waals surface area contributed by atoms with Crippen molar-refractivity contribution in [2.24, 2.45) is 7.05 Å². The normalized spacial score (nSPS) is 11.1. The first-order chi connectivity index (χ1) is 9.24. The molecule has 3 heteroatoms. The number of nitrogens with zero attached hydrogens (tertiary/aromatic N) is 2. The van der Waals surface area contributed by atoms with Crippen molar-refractivity contribution in [3.63, 3.8) is 0 Å². The highest BCUT2D eigenvalue weighted by Crippen LogP contribution is 2.26. The molecule has 0 bridgehead atoms. The molecule has 1 aromatic carbocycles. The average molecular weight is 316 g/mol. The van der Waals surface area contributed by atoms with Gasteiger partial charge in [0.1, 0.15) is 7.05 Å². The molecule has 0 N–H and O–H groups in total. The molecule has 0 spiro atoms. The van der Waals surface area contributed by atoms with E-state index < -0.39 is 0 Å². The summed E-state index contributed by atoms with van der Waals surface area (Å²) in [6.07, 6.45) is 7.41. The van der Waals surface area contributed by atoms with E-state index in [0.29, 0.717) is 0 Å². The van der Waals surface area contributed by atoms with E-state index in [9.17, 15) is 0 Å². The number of halogens is 1. The maximum absolute atomic E-state index is 3.63. The largest absolute Gasteiger partial charge is 0.346 e. The molecule has 0 atom stereocenters. The number of pyridine rings is 1. The highest BCUT2D eigenvalue weighted by atomic mass is 79.9. The predicted molar refractivity (Wildman–Crippen MR) is 81.0 cm³/mol. The van der Waals surface area contributed by atoms with E-state index in [0.717, 1.165) is 13.0 Å². The molecule has 0 aliphatic carbocycles. The molecule has 0 fully saturated rings. The monoisotopic (exact) mass is 315 g/mol. The Hall–Kier alpha value is -1.61. The summed E-state index contributed by atoms with van der Waals surface area (Å²) in [5.41, 5.74) is 2.66. The van der Waals surface area contributed by atoms with E-state index in [2.05, 4.69) is 80.1 Å². The second kappa shape index (κ2) is 5.17. The topological polar surface area (TPSA) is 8.81 Å². The summed E-state index contributed by atoms with van der Waals surface area (Å²) in [5.74, 6) is 0. The molecule has 0 saturated carbocycles. The standard InChI is InChI=1S/C16H16BrN2/c1-18-9-6-13(7-10-18)8-11-19-12-15(17)14-4-2-3-5-16(14)19/h2-7,9-10,12H,8,11H2,1H3/q+1. The maximum Gasteiger partial charge on any atom is 0.168 e. The number of fused-ring (bicyclic) bond motifs is 1. The zero-order valence-corrected chi connectivity index (χ0v) is 12.5. The molecule has 0 saturated heterocycles. The fraction of sp³-hybridized carbons (Fsp3) is 0.188. The van der Waals surface area contributed by atoms with Crippen LogP contribution in [0.25, 0.3) is 10.9 Å². The van der Waals surface area contributed by atoms with Gasteiger partial charge in [-0.2, -0.15) is 0 Å². The number of rotatable bonds is 3. The van der Waals surface area contributed by atoms with Crippen molar-refractivity contribution in [1.82, 2.24) is 4.57 Å². The number of hydrogen-bond acceptors (Lipinski definition) is 0. The van der Waals surface area contributed by atoms with Crippen LogP contribution in [0.1, 0.15) is 5.56 Å². The average Bonchev–Trinajstić information content (AvgIpc) is 2.76. The van der Waals surface area contributed by atoms with Gasteiger partial charge < -0.3 is 4.57 Å². The molecule has 3 rings (SSSR count).